The van der Waals surface area contributed by atoms with E-state index >= 15 is 0 Å². The Balaban J connectivity index is -0.000000320. The van der Waals surface area contributed by atoms with Crippen LogP contribution in [0.15, 0.2) is 0 Å². The maximum absolute atomic E-state index is 10.1. The normalized spacial score (nSPS) is 10.7. The molecular weight excluding hydrogens is 237 g/mol. The summed E-state index contributed by atoms with van der Waals surface area (Å²) < 4.78 is 0. The van der Waals surface area contributed by atoms with Crippen molar-refractivity contribution in [3.8, 4) is 0 Å². The third kappa shape index (κ3) is 10.6. The number of aliphatic carboxylic acids is 1. The molecule has 71 valence electrons. The predicted octanol–water partition coefficient (Wildman–Crippen LogP) is 0.571. The molecule has 1 atom stereocenters. The Morgan fingerprint density at radius 2 is 2.18 bits per heavy atom. The molecule has 0 aliphatic carbocycles. The summed E-state index contributed by atoms with van der Waals surface area (Å²) in [6, 6.07) is -0.683. The van der Waals surface area contributed by atoms with Crippen molar-refractivity contribution < 1.29 is 27.0 Å². The van der Waals surface area contributed by atoms with E-state index in [0.717, 1.165) is 5.75 Å². The first-order valence-electron chi connectivity index (χ1n) is 2.65. The minimum Gasteiger partial charge on any atom is -0.480 e. The summed E-state index contributed by atoms with van der Waals surface area (Å²) in [6.07, 6.45) is 2.48. The van der Waals surface area contributed by atoms with Crippen LogP contribution in [0.25, 0.3) is 0 Å². The summed E-state index contributed by atoms with van der Waals surface area (Å²) in [7, 11) is 0. The molecule has 0 saturated carbocycles. The molecule has 6 heteroatoms. The Hall–Kier alpha value is 0.589. The van der Waals surface area contributed by atoms with Crippen molar-refractivity contribution in [3.63, 3.8) is 0 Å². The molecule has 0 aromatic heterocycles. The van der Waals surface area contributed by atoms with Crippen LogP contribution in [0.4, 0.5) is 0 Å². The number of hydrogen-bond acceptors (Lipinski definition) is 3. The van der Waals surface area contributed by atoms with Crippen LogP contribution in [0.1, 0.15) is 6.42 Å². The number of thioether (sulfide) groups is 1. The van der Waals surface area contributed by atoms with Crippen LogP contribution >= 0.6 is 24.2 Å². The third-order valence-corrected chi connectivity index (χ3v) is 1.59. The Kier molecular flexibility index (Phi) is 17.0. The molecule has 0 amide bonds. The molecule has 1 radical (unpaired) electrons. The molecule has 0 rings (SSSR count). The molecule has 0 fully saturated rings. The summed E-state index contributed by atoms with van der Waals surface area (Å²) in [4.78, 5) is 10.1. The molecule has 0 aliphatic heterocycles. The second-order valence-corrected chi connectivity index (χ2v) is 2.71. The molecule has 0 aromatic carbocycles. The van der Waals surface area contributed by atoms with E-state index in [-0.39, 0.29) is 29.5 Å². The van der Waals surface area contributed by atoms with Gasteiger partial charge >= 0.3 is 23.0 Å². The average Bonchev–Trinajstić information content (AvgIpc) is 1.82. The largest absolute Gasteiger partial charge is 2.00 e. The van der Waals surface area contributed by atoms with E-state index in [4.69, 9.17) is 10.8 Å². The van der Waals surface area contributed by atoms with Crippen molar-refractivity contribution in [2.75, 3.05) is 12.0 Å². The van der Waals surface area contributed by atoms with Crippen molar-refractivity contribution in [1.29, 1.82) is 0 Å². The molecule has 0 spiro atoms. The number of carboxylic acids is 1. The summed E-state index contributed by atoms with van der Waals surface area (Å²) >= 11 is 1.60. The van der Waals surface area contributed by atoms with Gasteiger partial charge in [-0.1, -0.05) is 0 Å². The molecule has 0 saturated heterocycles. The van der Waals surface area contributed by atoms with Gasteiger partial charge in [-0.25, -0.2) is 0 Å². The Bertz CT molecular complexity index is 106. The van der Waals surface area contributed by atoms with Crippen molar-refractivity contribution in [2.24, 2.45) is 5.73 Å². The third-order valence-electron chi connectivity index (χ3n) is 0.950. The molecule has 0 bridgehead atoms. The van der Waals surface area contributed by atoms with Crippen molar-refractivity contribution in [1.82, 2.24) is 0 Å². The number of carbonyl (C=O) groups is 1. The summed E-state index contributed by atoms with van der Waals surface area (Å²) in [6.45, 7) is 0. The van der Waals surface area contributed by atoms with Crippen LogP contribution in [0.3, 0.4) is 0 Å². The molecule has 3 N–H and O–H groups in total. The zero-order valence-corrected chi connectivity index (χ0v) is 8.62. The van der Waals surface area contributed by atoms with E-state index < -0.39 is 12.0 Å². The molecule has 11 heavy (non-hydrogen) atoms. The van der Waals surface area contributed by atoms with Gasteiger partial charge in [0.25, 0.3) is 0 Å². The second-order valence-electron chi connectivity index (χ2n) is 1.73. The quantitative estimate of drug-likeness (QED) is 0.715. The smallest absolute Gasteiger partial charge is 0.480 e. The van der Waals surface area contributed by atoms with Gasteiger partial charge in [-0.05, 0) is 18.4 Å². The fourth-order valence-corrected chi connectivity index (χ4v) is 0.858. The zero-order chi connectivity index (χ0) is 7.28. The van der Waals surface area contributed by atoms with Gasteiger partial charge < -0.3 is 10.8 Å². The van der Waals surface area contributed by atoms with E-state index in [1.165, 1.54) is 0 Å². The number of rotatable bonds is 4. The fourth-order valence-electron chi connectivity index (χ4n) is 0.368. The molecule has 0 aromatic rings. The minimum absolute atomic E-state index is 0. The van der Waals surface area contributed by atoms with E-state index in [0.29, 0.717) is 6.42 Å². The van der Waals surface area contributed by atoms with Gasteiger partial charge in [0, 0.05) is 0 Å². The van der Waals surface area contributed by atoms with Crippen LogP contribution in [0.2, 0.25) is 0 Å². The fraction of sp³-hybridized carbons (Fsp3) is 0.800. The van der Waals surface area contributed by atoms with E-state index in [2.05, 4.69) is 0 Å². The van der Waals surface area contributed by atoms with E-state index in [1.54, 1.807) is 11.8 Å². The van der Waals surface area contributed by atoms with Crippen LogP contribution in [0.5, 0.6) is 0 Å². The van der Waals surface area contributed by atoms with Crippen LogP contribution in [-0.4, -0.2) is 29.1 Å². The van der Waals surface area contributed by atoms with Gasteiger partial charge in [-0.2, -0.15) is 11.8 Å². The van der Waals surface area contributed by atoms with Crippen molar-refractivity contribution in [3.05, 3.63) is 0 Å². The summed E-state index contributed by atoms with van der Waals surface area (Å²) in [5.74, 6) is -0.1000. The van der Waals surface area contributed by atoms with E-state index in [1.807, 2.05) is 6.26 Å². The molecule has 1 unspecified atom stereocenters. The molecule has 3 nitrogen and oxygen atoms in total. The first-order valence-corrected chi connectivity index (χ1v) is 4.05. The maximum atomic E-state index is 10.1. The van der Waals surface area contributed by atoms with Gasteiger partial charge in [0.05, 0.1) is 0 Å². The van der Waals surface area contributed by atoms with Crippen molar-refractivity contribution >= 4 is 30.1 Å². The predicted molar refractivity (Wildman–Crippen MR) is 45.9 cm³/mol. The number of nitrogens with two attached hydrogens (primary N) is 1. The van der Waals surface area contributed by atoms with Gasteiger partial charge in [0.2, 0.25) is 0 Å². The zero-order valence-electron chi connectivity index (χ0n) is 6.04. The van der Waals surface area contributed by atoms with Gasteiger partial charge in [0.15, 0.2) is 0 Å². The summed E-state index contributed by atoms with van der Waals surface area (Å²) in [5, 5.41) is 8.27. The van der Waals surface area contributed by atoms with Crippen LogP contribution < -0.4 is 5.73 Å². The summed E-state index contributed by atoms with van der Waals surface area (Å²) in [5.41, 5.74) is 5.19. The average molecular weight is 249 g/mol. The Morgan fingerprint density at radius 3 is 2.45 bits per heavy atom. The Morgan fingerprint density at radius 1 is 1.73 bits per heavy atom. The topological polar surface area (TPSA) is 63.3 Å². The van der Waals surface area contributed by atoms with Crippen LogP contribution in [-0.2, 0) is 21.9 Å². The monoisotopic (exact) mass is 248 g/mol. The molecule has 0 aliphatic rings. The minimum atomic E-state index is -0.913. The van der Waals surface area contributed by atoms with Crippen LogP contribution in [0, 0.1) is 0 Å². The number of hydrogen-bond donors (Lipinski definition) is 2. The standard InChI is InChI=1S/C5H11NO2S.ClH.Cu/c1-9-3-2-4(6)5(7)8;;/h4H,2-3,6H2,1H3,(H,7,8);1H;/q;;+2. The molecule has 0 heterocycles. The first-order chi connectivity index (χ1) is 4.18. The first kappa shape index (κ1) is 17.6. The maximum Gasteiger partial charge on any atom is 2.00 e. The van der Waals surface area contributed by atoms with Gasteiger partial charge in [-0.15, -0.1) is 12.4 Å². The van der Waals surface area contributed by atoms with E-state index in [9.17, 15) is 4.79 Å². The number of halogens is 1. The number of carboxylic acid groups (broad SMARTS) is 1. The molecular formula is C5H12ClCuNO2S+2. The Labute approximate surface area is 87.4 Å². The SMILES string of the molecule is CSCCC(N)C(=O)O.Cl.[Cu+2]. The van der Waals surface area contributed by atoms with Crippen molar-refractivity contribution in [2.45, 2.75) is 12.5 Å². The van der Waals surface area contributed by atoms with Gasteiger partial charge in [0.1, 0.15) is 6.04 Å². The van der Waals surface area contributed by atoms with Gasteiger partial charge in [-0.3, -0.25) is 4.79 Å². The second kappa shape index (κ2) is 10.6.